The number of amides is 3. The molecule has 0 heterocycles. The van der Waals surface area contributed by atoms with Gasteiger partial charge in [-0.2, -0.15) is 0 Å². The van der Waals surface area contributed by atoms with Crippen LogP contribution in [0.15, 0.2) is 24.3 Å². The van der Waals surface area contributed by atoms with Crippen LogP contribution in [-0.2, 0) is 11.3 Å². The SMILES string of the molecule is CCN(CC(=O)NCc1ccc(F)cc1)C(=O)NC1CCCC1. The minimum Gasteiger partial charge on any atom is -0.350 e. The summed E-state index contributed by atoms with van der Waals surface area (Å²) in [6.07, 6.45) is 4.32. The van der Waals surface area contributed by atoms with Gasteiger partial charge in [-0.1, -0.05) is 25.0 Å². The highest BCUT2D eigenvalue weighted by Gasteiger charge is 2.21. The van der Waals surface area contributed by atoms with E-state index in [1.165, 1.54) is 17.0 Å². The lowest BCUT2D eigenvalue weighted by Gasteiger charge is -2.23. The van der Waals surface area contributed by atoms with Crippen molar-refractivity contribution < 1.29 is 14.0 Å². The lowest BCUT2D eigenvalue weighted by Crippen LogP contribution is -2.47. The molecule has 5 nitrogen and oxygen atoms in total. The van der Waals surface area contributed by atoms with E-state index in [2.05, 4.69) is 10.6 Å². The number of rotatable bonds is 6. The normalized spacial score (nSPS) is 14.5. The molecular weight excluding hydrogens is 297 g/mol. The minimum absolute atomic E-state index is 0.0241. The molecule has 0 unspecified atom stereocenters. The number of carbonyl (C=O) groups excluding carboxylic acids is 2. The summed E-state index contributed by atoms with van der Waals surface area (Å²) in [7, 11) is 0. The Bertz CT molecular complexity index is 527. The Morgan fingerprint density at radius 3 is 2.48 bits per heavy atom. The summed E-state index contributed by atoms with van der Waals surface area (Å²) in [5, 5.41) is 5.73. The molecule has 1 aliphatic carbocycles. The summed E-state index contributed by atoms with van der Waals surface area (Å²) in [5.74, 6) is -0.529. The molecule has 6 heteroatoms. The van der Waals surface area contributed by atoms with Crippen molar-refractivity contribution in [2.24, 2.45) is 0 Å². The molecule has 1 aromatic rings. The van der Waals surface area contributed by atoms with E-state index in [1.54, 1.807) is 12.1 Å². The number of benzene rings is 1. The lowest BCUT2D eigenvalue weighted by molar-refractivity contribution is -0.121. The van der Waals surface area contributed by atoms with Crippen molar-refractivity contribution in [2.45, 2.75) is 45.2 Å². The summed E-state index contributed by atoms with van der Waals surface area (Å²) in [4.78, 5) is 25.7. The first-order chi connectivity index (χ1) is 11.1. The van der Waals surface area contributed by atoms with Crippen molar-refractivity contribution in [1.29, 1.82) is 0 Å². The molecule has 23 heavy (non-hydrogen) atoms. The van der Waals surface area contributed by atoms with E-state index in [4.69, 9.17) is 0 Å². The van der Waals surface area contributed by atoms with Crippen LogP contribution in [0.1, 0.15) is 38.2 Å². The fraction of sp³-hybridized carbons (Fsp3) is 0.529. The zero-order chi connectivity index (χ0) is 16.7. The van der Waals surface area contributed by atoms with Crippen molar-refractivity contribution in [3.05, 3.63) is 35.6 Å². The fourth-order valence-electron chi connectivity index (χ4n) is 2.70. The third-order valence-corrected chi connectivity index (χ3v) is 4.09. The van der Waals surface area contributed by atoms with Gasteiger partial charge in [0, 0.05) is 19.1 Å². The molecule has 2 rings (SSSR count). The molecule has 0 saturated heterocycles. The standard InChI is InChI=1S/C17H24FN3O2/c1-2-21(17(23)20-15-5-3-4-6-15)12-16(22)19-11-13-7-9-14(18)10-8-13/h7-10,15H,2-6,11-12H2,1H3,(H,19,22)(H,20,23). The Hall–Kier alpha value is -2.11. The number of nitrogens with one attached hydrogen (secondary N) is 2. The summed E-state index contributed by atoms with van der Waals surface area (Å²) >= 11 is 0. The van der Waals surface area contributed by atoms with Gasteiger partial charge in [0.1, 0.15) is 12.4 Å². The van der Waals surface area contributed by atoms with E-state index >= 15 is 0 Å². The van der Waals surface area contributed by atoms with Crippen molar-refractivity contribution in [1.82, 2.24) is 15.5 Å². The number of carbonyl (C=O) groups is 2. The van der Waals surface area contributed by atoms with Crippen LogP contribution < -0.4 is 10.6 Å². The molecule has 0 bridgehead atoms. The van der Waals surface area contributed by atoms with Gasteiger partial charge in [-0.05, 0) is 37.5 Å². The molecule has 0 spiro atoms. The van der Waals surface area contributed by atoms with Crippen molar-refractivity contribution in [3.63, 3.8) is 0 Å². The molecule has 0 radical (unpaired) electrons. The number of halogens is 1. The molecule has 0 atom stereocenters. The molecule has 0 aliphatic heterocycles. The molecule has 2 N–H and O–H groups in total. The largest absolute Gasteiger partial charge is 0.350 e. The zero-order valence-electron chi connectivity index (χ0n) is 13.5. The predicted molar refractivity (Wildman–Crippen MR) is 86.3 cm³/mol. The van der Waals surface area contributed by atoms with Crippen LogP contribution >= 0.6 is 0 Å². The van der Waals surface area contributed by atoms with E-state index < -0.39 is 0 Å². The quantitative estimate of drug-likeness (QED) is 0.845. The second kappa shape index (κ2) is 8.50. The highest BCUT2D eigenvalue weighted by molar-refractivity contribution is 5.84. The summed E-state index contributed by atoms with van der Waals surface area (Å²) in [5.41, 5.74) is 0.818. The molecule has 0 aromatic heterocycles. The number of hydrogen-bond acceptors (Lipinski definition) is 2. The zero-order valence-corrected chi connectivity index (χ0v) is 13.5. The van der Waals surface area contributed by atoms with Gasteiger partial charge in [-0.25, -0.2) is 9.18 Å². The topological polar surface area (TPSA) is 61.4 Å². The fourth-order valence-corrected chi connectivity index (χ4v) is 2.70. The number of nitrogens with zero attached hydrogens (tertiary/aromatic N) is 1. The second-order valence-corrected chi connectivity index (χ2v) is 5.85. The molecule has 1 saturated carbocycles. The maximum atomic E-state index is 12.8. The Kier molecular flexibility index (Phi) is 6.38. The number of likely N-dealkylation sites (N-methyl/N-ethyl adjacent to an activating group) is 1. The Morgan fingerprint density at radius 2 is 1.87 bits per heavy atom. The molecule has 1 aliphatic rings. The maximum Gasteiger partial charge on any atom is 0.318 e. The van der Waals surface area contributed by atoms with Crippen LogP contribution in [0.25, 0.3) is 0 Å². The summed E-state index contributed by atoms with van der Waals surface area (Å²) in [6, 6.07) is 6.01. The first kappa shape index (κ1) is 17.2. The van der Waals surface area contributed by atoms with E-state index in [0.717, 1.165) is 31.2 Å². The van der Waals surface area contributed by atoms with Crippen LogP contribution in [0.5, 0.6) is 0 Å². The van der Waals surface area contributed by atoms with Gasteiger partial charge in [0.25, 0.3) is 0 Å². The average Bonchev–Trinajstić information content (AvgIpc) is 3.05. The smallest absolute Gasteiger partial charge is 0.318 e. The first-order valence-corrected chi connectivity index (χ1v) is 8.15. The molecular formula is C17H24FN3O2. The Balaban J connectivity index is 1.76. The van der Waals surface area contributed by atoms with Gasteiger partial charge < -0.3 is 15.5 Å². The van der Waals surface area contributed by atoms with Crippen molar-refractivity contribution in [3.8, 4) is 0 Å². The summed E-state index contributed by atoms with van der Waals surface area (Å²) in [6.45, 7) is 2.67. The predicted octanol–water partition coefficient (Wildman–Crippen LogP) is 2.42. The van der Waals surface area contributed by atoms with Crippen LogP contribution in [0.4, 0.5) is 9.18 Å². The van der Waals surface area contributed by atoms with Crippen LogP contribution in [0.2, 0.25) is 0 Å². The van der Waals surface area contributed by atoms with Crippen LogP contribution in [0, 0.1) is 5.82 Å². The van der Waals surface area contributed by atoms with Gasteiger partial charge in [0.2, 0.25) is 5.91 Å². The lowest BCUT2D eigenvalue weighted by atomic mass is 10.2. The maximum absolute atomic E-state index is 12.8. The number of hydrogen-bond donors (Lipinski definition) is 2. The van der Waals surface area contributed by atoms with Crippen molar-refractivity contribution in [2.75, 3.05) is 13.1 Å². The molecule has 1 fully saturated rings. The molecule has 1 aromatic carbocycles. The van der Waals surface area contributed by atoms with Gasteiger partial charge in [0.05, 0.1) is 0 Å². The van der Waals surface area contributed by atoms with E-state index in [0.29, 0.717) is 13.1 Å². The minimum atomic E-state index is -0.305. The van der Waals surface area contributed by atoms with Gasteiger partial charge in [0.15, 0.2) is 0 Å². The highest BCUT2D eigenvalue weighted by Crippen LogP contribution is 2.17. The Morgan fingerprint density at radius 1 is 1.22 bits per heavy atom. The number of urea groups is 1. The van der Waals surface area contributed by atoms with Gasteiger partial charge >= 0.3 is 6.03 Å². The highest BCUT2D eigenvalue weighted by atomic mass is 19.1. The monoisotopic (exact) mass is 321 g/mol. The van der Waals surface area contributed by atoms with Crippen LogP contribution in [-0.4, -0.2) is 36.0 Å². The second-order valence-electron chi connectivity index (χ2n) is 5.85. The summed E-state index contributed by atoms with van der Waals surface area (Å²) < 4.78 is 12.8. The molecule has 126 valence electrons. The first-order valence-electron chi connectivity index (χ1n) is 8.15. The third-order valence-electron chi connectivity index (χ3n) is 4.09. The van der Waals surface area contributed by atoms with Crippen LogP contribution in [0.3, 0.4) is 0 Å². The van der Waals surface area contributed by atoms with E-state index in [9.17, 15) is 14.0 Å². The Labute approximate surface area is 136 Å². The third kappa shape index (κ3) is 5.54. The van der Waals surface area contributed by atoms with E-state index in [1.807, 2.05) is 6.92 Å². The molecule has 3 amide bonds. The average molecular weight is 321 g/mol. The van der Waals surface area contributed by atoms with E-state index in [-0.39, 0.29) is 30.3 Å². The van der Waals surface area contributed by atoms with Gasteiger partial charge in [-0.3, -0.25) is 4.79 Å². The van der Waals surface area contributed by atoms with Crippen molar-refractivity contribution >= 4 is 11.9 Å². The van der Waals surface area contributed by atoms with Gasteiger partial charge in [-0.15, -0.1) is 0 Å².